The number of nitrogens with one attached hydrogen (secondary N) is 1. The van der Waals surface area contributed by atoms with Gasteiger partial charge in [-0.1, -0.05) is 25.0 Å². The van der Waals surface area contributed by atoms with Gasteiger partial charge in [0.05, 0.1) is 11.0 Å². The fourth-order valence-electron chi connectivity index (χ4n) is 4.18. The van der Waals surface area contributed by atoms with E-state index < -0.39 is 0 Å². The number of nitrogens with zero attached hydrogens (tertiary/aromatic N) is 2. The summed E-state index contributed by atoms with van der Waals surface area (Å²) in [6.45, 7) is 4.48. The van der Waals surface area contributed by atoms with E-state index in [0.29, 0.717) is 24.2 Å². The van der Waals surface area contributed by atoms with E-state index in [-0.39, 0.29) is 16.7 Å². The number of aliphatic hydroxyl groups is 1. The molecular formula is C19H29N3O3. The summed E-state index contributed by atoms with van der Waals surface area (Å²) in [5, 5.41) is 24.8. The van der Waals surface area contributed by atoms with E-state index in [4.69, 9.17) is 0 Å². The summed E-state index contributed by atoms with van der Waals surface area (Å²) in [5.41, 5.74) is 1.86. The Hall–Kier alpha value is -1.50. The predicted octanol–water partition coefficient (Wildman–Crippen LogP) is 2.76. The van der Waals surface area contributed by atoms with Crippen molar-refractivity contribution in [3.05, 3.63) is 39.4 Å². The second-order valence-electron chi connectivity index (χ2n) is 7.49. The molecule has 6 nitrogen and oxygen atoms in total. The smallest absolute Gasteiger partial charge is 0.272 e. The number of aliphatic hydroxyl groups excluding tert-OH is 1. The third kappa shape index (κ3) is 4.57. The Morgan fingerprint density at radius 3 is 2.64 bits per heavy atom. The van der Waals surface area contributed by atoms with Gasteiger partial charge in [-0.3, -0.25) is 15.0 Å². The van der Waals surface area contributed by atoms with E-state index in [1.165, 1.54) is 6.42 Å². The Bertz CT molecular complexity index is 600. The standard InChI is InChI=1S/C19H29N3O3/c1-14-6-7-15(12-18(14)22(24)25)13-20-16-8-10-21(11-9-16)17-4-2-3-5-19(17)23/h6-7,12,16-17,19-20,23H,2-5,8-11,13H2,1H3. The molecule has 1 heterocycles. The maximum Gasteiger partial charge on any atom is 0.272 e. The van der Waals surface area contributed by atoms with Crippen LogP contribution in [0.15, 0.2) is 18.2 Å². The first-order valence-corrected chi connectivity index (χ1v) is 9.44. The van der Waals surface area contributed by atoms with Gasteiger partial charge in [0.2, 0.25) is 0 Å². The molecule has 1 aromatic rings. The van der Waals surface area contributed by atoms with Crippen LogP contribution in [-0.2, 0) is 6.54 Å². The van der Waals surface area contributed by atoms with Crippen LogP contribution in [0.5, 0.6) is 0 Å². The molecule has 0 bridgehead atoms. The quantitative estimate of drug-likeness (QED) is 0.632. The number of hydrogen-bond acceptors (Lipinski definition) is 5. The number of rotatable bonds is 5. The number of likely N-dealkylation sites (tertiary alicyclic amines) is 1. The van der Waals surface area contributed by atoms with Gasteiger partial charge in [-0.25, -0.2) is 0 Å². The highest BCUT2D eigenvalue weighted by Gasteiger charge is 2.31. The number of nitro benzene ring substituents is 1. The van der Waals surface area contributed by atoms with Crippen molar-refractivity contribution < 1.29 is 10.0 Å². The molecular weight excluding hydrogens is 318 g/mol. The van der Waals surface area contributed by atoms with E-state index in [1.807, 2.05) is 12.1 Å². The Balaban J connectivity index is 1.48. The fraction of sp³-hybridized carbons (Fsp3) is 0.684. The molecule has 1 saturated carbocycles. The SMILES string of the molecule is Cc1ccc(CNC2CCN(C3CCCCC3O)CC2)cc1[N+](=O)[O-]. The molecule has 6 heteroatoms. The Morgan fingerprint density at radius 2 is 1.96 bits per heavy atom. The van der Waals surface area contributed by atoms with Crippen molar-refractivity contribution >= 4 is 5.69 Å². The van der Waals surface area contributed by atoms with Crippen molar-refractivity contribution in [2.24, 2.45) is 0 Å². The number of benzene rings is 1. The molecule has 0 amide bonds. The number of hydrogen-bond donors (Lipinski definition) is 2. The number of aryl methyl sites for hydroxylation is 1. The molecule has 2 atom stereocenters. The molecule has 2 fully saturated rings. The maximum absolute atomic E-state index is 11.1. The van der Waals surface area contributed by atoms with Gasteiger partial charge >= 0.3 is 0 Å². The van der Waals surface area contributed by atoms with E-state index in [0.717, 1.165) is 50.8 Å². The maximum atomic E-state index is 11.1. The number of piperidine rings is 1. The van der Waals surface area contributed by atoms with Gasteiger partial charge in [0.25, 0.3) is 5.69 Å². The minimum Gasteiger partial charge on any atom is -0.391 e. The molecule has 0 spiro atoms. The van der Waals surface area contributed by atoms with Crippen LogP contribution in [-0.4, -0.2) is 46.2 Å². The zero-order chi connectivity index (χ0) is 17.8. The summed E-state index contributed by atoms with van der Waals surface area (Å²) in [5.74, 6) is 0. The van der Waals surface area contributed by atoms with Gasteiger partial charge < -0.3 is 10.4 Å². The molecule has 1 aliphatic heterocycles. The minimum atomic E-state index is -0.313. The molecule has 2 aliphatic rings. The molecule has 0 aromatic heterocycles. The van der Waals surface area contributed by atoms with Gasteiger partial charge in [-0.05, 0) is 38.2 Å². The fourth-order valence-corrected chi connectivity index (χ4v) is 4.18. The molecule has 1 saturated heterocycles. The molecule has 1 aromatic carbocycles. The second kappa shape index (κ2) is 8.25. The van der Waals surface area contributed by atoms with Gasteiger partial charge in [0.15, 0.2) is 0 Å². The molecule has 3 rings (SSSR count). The lowest BCUT2D eigenvalue weighted by Gasteiger charge is -2.41. The summed E-state index contributed by atoms with van der Waals surface area (Å²) < 4.78 is 0. The molecule has 1 aliphatic carbocycles. The van der Waals surface area contributed by atoms with Crippen LogP contribution in [0.4, 0.5) is 5.69 Å². The zero-order valence-electron chi connectivity index (χ0n) is 15.0. The molecule has 25 heavy (non-hydrogen) atoms. The van der Waals surface area contributed by atoms with Crippen LogP contribution >= 0.6 is 0 Å². The first kappa shape index (κ1) is 18.3. The normalized spacial score (nSPS) is 25.8. The highest BCUT2D eigenvalue weighted by Crippen LogP contribution is 2.26. The Labute approximate surface area is 149 Å². The largest absolute Gasteiger partial charge is 0.391 e. The van der Waals surface area contributed by atoms with Crippen molar-refractivity contribution in [1.82, 2.24) is 10.2 Å². The van der Waals surface area contributed by atoms with Crippen molar-refractivity contribution in [3.8, 4) is 0 Å². The van der Waals surface area contributed by atoms with Crippen LogP contribution in [0.2, 0.25) is 0 Å². The van der Waals surface area contributed by atoms with Gasteiger partial charge in [0, 0.05) is 43.3 Å². The molecule has 2 unspecified atom stereocenters. The molecule has 0 radical (unpaired) electrons. The Kier molecular flexibility index (Phi) is 6.04. The molecule has 138 valence electrons. The lowest BCUT2D eigenvalue weighted by Crippen LogP contribution is -2.51. The highest BCUT2D eigenvalue weighted by atomic mass is 16.6. The third-order valence-electron chi connectivity index (χ3n) is 5.76. The highest BCUT2D eigenvalue weighted by molar-refractivity contribution is 5.42. The minimum absolute atomic E-state index is 0.161. The van der Waals surface area contributed by atoms with Crippen LogP contribution in [0.3, 0.4) is 0 Å². The zero-order valence-corrected chi connectivity index (χ0v) is 15.0. The van der Waals surface area contributed by atoms with Crippen LogP contribution in [0, 0.1) is 17.0 Å². The van der Waals surface area contributed by atoms with Crippen molar-refractivity contribution in [2.45, 2.75) is 70.2 Å². The average molecular weight is 347 g/mol. The second-order valence-corrected chi connectivity index (χ2v) is 7.49. The van der Waals surface area contributed by atoms with E-state index in [1.54, 1.807) is 13.0 Å². The molecule has 2 N–H and O–H groups in total. The summed E-state index contributed by atoms with van der Waals surface area (Å²) >= 11 is 0. The first-order chi connectivity index (χ1) is 12.0. The topological polar surface area (TPSA) is 78.6 Å². The van der Waals surface area contributed by atoms with Crippen molar-refractivity contribution in [2.75, 3.05) is 13.1 Å². The monoisotopic (exact) mass is 347 g/mol. The third-order valence-corrected chi connectivity index (χ3v) is 5.76. The Morgan fingerprint density at radius 1 is 1.24 bits per heavy atom. The van der Waals surface area contributed by atoms with Gasteiger partial charge in [-0.2, -0.15) is 0 Å². The van der Waals surface area contributed by atoms with Gasteiger partial charge in [0.1, 0.15) is 0 Å². The van der Waals surface area contributed by atoms with E-state index >= 15 is 0 Å². The summed E-state index contributed by atoms with van der Waals surface area (Å²) in [4.78, 5) is 13.2. The number of nitro groups is 1. The lowest BCUT2D eigenvalue weighted by molar-refractivity contribution is -0.385. The summed E-state index contributed by atoms with van der Waals surface area (Å²) in [6, 6.07) is 6.24. The van der Waals surface area contributed by atoms with Crippen LogP contribution in [0.25, 0.3) is 0 Å². The average Bonchev–Trinajstić information content (AvgIpc) is 2.62. The predicted molar refractivity (Wildman–Crippen MR) is 97.5 cm³/mol. The van der Waals surface area contributed by atoms with Crippen LogP contribution < -0.4 is 5.32 Å². The summed E-state index contributed by atoms with van der Waals surface area (Å²) in [6.07, 6.45) is 6.41. The van der Waals surface area contributed by atoms with Gasteiger partial charge in [-0.15, -0.1) is 0 Å². The van der Waals surface area contributed by atoms with E-state index in [9.17, 15) is 15.2 Å². The van der Waals surface area contributed by atoms with Crippen LogP contribution in [0.1, 0.15) is 49.7 Å². The van der Waals surface area contributed by atoms with Crippen molar-refractivity contribution in [1.29, 1.82) is 0 Å². The van der Waals surface area contributed by atoms with E-state index in [2.05, 4.69) is 10.2 Å². The van der Waals surface area contributed by atoms with Crippen molar-refractivity contribution in [3.63, 3.8) is 0 Å². The summed E-state index contributed by atoms with van der Waals surface area (Å²) in [7, 11) is 0. The lowest BCUT2D eigenvalue weighted by atomic mass is 9.89. The first-order valence-electron chi connectivity index (χ1n) is 9.44.